The van der Waals surface area contributed by atoms with E-state index in [1.54, 1.807) is 4.90 Å². The molecule has 0 radical (unpaired) electrons. The average Bonchev–Trinajstić information content (AvgIpc) is 2.95. The van der Waals surface area contributed by atoms with Crippen molar-refractivity contribution in [2.45, 2.75) is 65.6 Å². The minimum Gasteiger partial charge on any atom is -0.447 e. The van der Waals surface area contributed by atoms with Crippen LogP contribution in [0.15, 0.2) is 0 Å². The SMILES string of the molecule is CC1CN(C(=O)C(C)(C)C)CC(C)N1C(=O)OCC1CCCO1. The first-order valence-electron chi connectivity index (χ1n) is 8.56. The lowest BCUT2D eigenvalue weighted by molar-refractivity contribution is -0.143. The van der Waals surface area contributed by atoms with E-state index >= 15 is 0 Å². The lowest BCUT2D eigenvalue weighted by Gasteiger charge is -2.45. The molecule has 6 heteroatoms. The first-order chi connectivity index (χ1) is 10.7. The lowest BCUT2D eigenvalue weighted by Crippen LogP contribution is -2.61. The Morgan fingerprint density at radius 2 is 1.78 bits per heavy atom. The third-order valence-corrected chi connectivity index (χ3v) is 4.48. The first kappa shape index (κ1) is 18.0. The number of carbonyl (C=O) groups excluding carboxylic acids is 2. The highest BCUT2D eigenvalue weighted by Crippen LogP contribution is 2.23. The molecular weight excluding hydrogens is 296 g/mol. The molecule has 0 N–H and O–H groups in total. The van der Waals surface area contributed by atoms with Crippen molar-refractivity contribution in [2.24, 2.45) is 5.41 Å². The normalized spacial score (nSPS) is 28.8. The second kappa shape index (κ2) is 7.07. The fourth-order valence-electron chi connectivity index (χ4n) is 3.34. The van der Waals surface area contributed by atoms with E-state index in [9.17, 15) is 9.59 Å². The minimum atomic E-state index is -0.401. The smallest absolute Gasteiger partial charge is 0.410 e. The van der Waals surface area contributed by atoms with Crippen molar-refractivity contribution in [3.05, 3.63) is 0 Å². The Balaban J connectivity index is 1.91. The van der Waals surface area contributed by atoms with Crippen molar-refractivity contribution in [1.29, 1.82) is 0 Å². The van der Waals surface area contributed by atoms with Crippen LogP contribution < -0.4 is 0 Å². The molecule has 0 aliphatic carbocycles. The summed E-state index contributed by atoms with van der Waals surface area (Å²) in [6.45, 7) is 11.9. The third kappa shape index (κ3) is 4.37. The van der Waals surface area contributed by atoms with E-state index in [2.05, 4.69) is 0 Å². The molecule has 2 aliphatic heterocycles. The number of carbonyl (C=O) groups is 2. The third-order valence-electron chi connectivity index (χ3n) is 4.48. The van der Waals surface area contributed by atoms with Gasteiger partial charge < -0.3 is 14.4 Å². The number of amides is 2. The molecule has 0 aromatic heterocycles. The van der Waals surface area contributed by atoms with Gasteiger partial charge in [-0.05, 0) is 26.7 Å². The number of hydrogen-bond acceptors (Lipinski definition) is 4. The molecule has 23 heavy (non-hydrogen) atoms. The van der Waals surface area contributed by atoms with E-state index in [1.807, 2.05) is 39.5 Å². The van der Waals surface area contributed by atoms with Gasteiger partial charge in [-0.25, -0.2) is 4.79 Å². The zero-order chi connectivity index (χ0) is 17.2. The maximum Gasteiger partial charge on any atom is 0.410 e. The van der Waals surface area contributed by atoms with Crippen LogP contribution in [0.3, 0.4) is 0 Å². The van der Waals surface area contributed by atoms with E-state index in [0.717, 1.165) is 19.4 Å². The largest absolute Gasteiger partial charge is 0.447 e. The van der Waals surface area contributed by atoms with E-state index in [-0.39, 0.29) is 30.2 Å². The van der Waals surface area contributed by atoms with Crippen molar-refractivity contribution in [3.63, 3.8) is 0 Å². The van der Waals surface area contributed by atoms with Crippen molar-refractivity contribution >= 4 is 12.0 Å². The summed E-state index contributed by atoms with van der Waals surface area (Å²) < 4.78 is 10.9. The van der Waals surface area contributed by atoms with Crippen LogP contribution >= 0.6 is 0 Å². The van der Waals surface area contributed by atoms with Crippen LogP contribution in [0.2, 0.25) is 0 Å². The van der Waals surface area contributed by atoms with Crippen LogP contribution in [-0.2, 0) is 14.3 Å². The molecule has 2 amide bonds. The number of ether oxygens (including phenoxy) is 2. The Morgan fingerprint density at radius 1 is 1.17 bits per heavy atom. The molecular formula is C17H30N2O4. The predicted octanol–water partition coefficient (Wildman–Crippen LogP) is 2.27. The monoisotopic (exact) mass is 326 g/mol. The molecule has 2 saturated heterocycles. The highest BCUT2D eigenvalue weighted by molar-refractivity contribution is 5.82. The summed E-state index contributed by atoms with van der Waals surface area (Å²) in [5.74, 6) is 0.128. The van der Waals surface area contributed by atoms with Gasteiger partial charge in [0, 0.05) is 25.1 Å². The molecule has 0 aromatic carbocycles. The molecule has 0 saturated carbocycles. The Labute approximate surface area is 139 Å². The standard InChI is InChI=1S/C17H30N2O4/c1-12-9-18(15(20)17(3,4)5)10-13(2)19(12)16(21)23-11-14-7-6-8-22-14/h12-14H,6-11H2,1-5H3. The summed E-state index contributed by atoms with van der Waals surface area (Å²) in [7, 11) is 0. The van der Waals surface area contributed by atoms with E-state index in [4.69, 9.17) is 9.47 Å². The highest BCUT2D eigenvalue weighted by atomic mass is 16.6. The van der Waals surface area contributed by atoms with E-state index in [0.29, 0.717) is 19.7 Å². The fraction of sp³-hybridized carbons (Fsp3) is 0.882. The van der Waals surface area contributed by atoms with Crippen molar-refractivity contribution in [3.8, 4) is 0 Å². The summed E-state index contributed by atoms with van der Waals surface area (Å²) in [6, 6.07) is -0.107. The summed E-state index contributed by atoms with van der Waals surface area (Å²) >= 11 is 0. The summed E-state index contributed by atoms with van der Waals surface area (Å²) in [4.78, 5) is 28.5. The van der Waals surface area contributed by atoms with Gasteiger partial charge in [-0.2, -0.15) is 0 Å². The van der Waals surface area contributed by atoms with Crippen molar-refractivity contribution in [2.75, 3.05) is 26.3 Å². The van der Waals surface area contributed by atoms with Crippen LogP contribution in [-0.4, -0.2) is 66.3 Å². The number of piperazine rings is 1. The Morgan fingerprint density at radius 3 is 2.26 bits per heavy atom. The van der Waals surface area contributed by atoms with Crippen molar-refractivity contribution < 1.29 is 19.1 Å². The molecule has 2 fully saturated rings. The molecule has 6 nitrogen and oxygen atoms in total. The van der Waals surface area contributed by atoms with Crippen LogP contribution in [0.1, 0.15) is 47.5 Å². The van der Waals surface area contributed by atoms with E-state index in [1.165, 1.54) is 0 Å². The molecule has 3 unspecified atom stereocenters. The molecule has 2 rings (SSSR count). The van der Waals surface area contributed by atoms with Gasteiger partial charge in [0.15, 0.2) is 0 Å². The van der Waals surface area contributed by atoms with Gasteiger partial charge in [-0.1, -0.05) is 20.8 Å². The van der Waals surface area contributed by atoms with Gasteiger partial charge in [-0.3, -0.25) is 9.69 Å². The van der Waals surface area contributed by atoms with Gasteiger partial charge >= 0.3 is 6.09 Å². The second-order valence-electron chi connectivity index (χ2n) is 7.78. The molecule has 2 heterocycles. The van der Waals surface area contributed by atoms with Crippen LogP contribution in [0.4, 0.5) is 4.79 Å². The summed E-state index contributed by atoms with van der Waals surface area (Å²) in [5, 5.41) is 0. The maximum absolute atomic E-state index is 12.5. The molecule has 0 spiro atoms. The molecule has 2 aliphatic rings. The lowest BCUT2D eigenvalue weighted by atomic mass is 9.93. The Hall–Kier alpha value is -1.30. The molecule has 0 bridgehead atoms. The number of hydrogen-bond donors (Lipinski definition) is 0. The molecule has 0 aromatic rings. The van der Waals surface area contributed by atoms with Crippen LogP contribution in [0.25, 0.3) is 0 Å². The zero-order valence-corrected chi connectivity index (χ0v) is 15.0. The zero-order valence-electron chi connectivity index (χ0n) is 15.0. The molecule has 3 atom stereocenters. The summed E-state index contributed by atoms with van der Waals surface area (Å²) in [5.41, 5.74) is -0.401. The van der Waals surface area contributed by atoms with Gasteiger partial charge in [-0.15, -0.1) is 0 Å². The van der Waals surface area contributed by atoms with E-state index < -0.39 is 5.41 Å². The van der Waals surface area contributed by atoms with Gasteiger partial charge in [0.1, 0.15) is 6.61 Å². The topological polar surface area (TPSA) is 59.1 Å². The predicted molar refractivity (Wildman–Crippen MR) is 87.1 cm³/mol. The highest BCUT2D eigenvalue weighted by Gasteiger charge is 2.38. The van der Waals surface area contributed by atoms with Crippen LogP contribution in [0, 0.1) is 5.41 Å². The minimum absolute atomic E-state index is 0.0355. The second-order valence-corrected chi connectivity index (χ2v) is 7.78. The maximum atomic E-state index is 12.5. The molecule has 132 valence electrons. The number of rotatable bonds is 2. The van der Waals surface area contributed by atoms with Gasteiger partial charge in [0.2, 0.25) is 5.91 Å². The Kier molecular flexibility index (Phi) is 5.55. The fourth-order valence-corrected chi connectivity index (χ4v) is 3.34. The van der Waals surface area contributed by atoms with Crippen molar-refractivity contribution in [1.82, 2.24) is 9.80 Å². The quantitative estimate of drug-likeness (QED) is 0.781. The first-order valence-corrected chi connectivity index (χ1v) is 8.56. The van der Waals surface area contributed by atoms with Gasteiger partial charge in [0.05, 0.1) is 18.2 Å². The van der Waals surface area contributed by atoms with Gasteiger partial charge in [0.25, 0.3) is 0 Å². The summed E-state index contributed by atoms with van der Waals surface area (Å²) in [6.07, 6.45) is 1.71. The van der Waals surface area contributed by atoms with Crippen LogP contribution in [0.5, 0.6) is 0 Å². The average molecular weight is 326 g/mol. The number of nitrogens with zero attached hydrogens (tertiary/aromatic N) is 2. The Bertz CT molecular complexity index is 428.